The molecule has 1 aliphatic heterocycles. The molecule has 0 saturated carbocycles. The van der Waals surface area contributed by atoms with Crippen molar-refractivity contribution >= 4 is 57.5 Å². The van der Waals surface area contributed by atoms with Crippen molar-refractivity contribution in [3.8, 4) is 10.6 Å². The zero-order valence-corrected chi connectivity index (χ0v) is 24.9. The van der Waals surface area contributed by atoms with Gasteiger partial charge < -0.3 is 25.4 Å². The topological polar surface area (TPSA) is 176 Å². The highest BCUT2D eigenvalue weighted by molar-refractivity contribution is 7.19. The standard InChI is InChI=1S/C22H21ClN6O2S.2C2HF3O2/c1-13-22(30)29(10-14-2-3-16-17(8-14)25-12-26-21(16)24)7-6-28(13)11-15-9-18(27-31-15)19-4-5-20(23)32-19;2*3-2(4,5)1(6)7/h2-5,8-9,12-13H,6-7,10-11H2,1H3,(H2,24,25,26);2*(H,6,7). The molecule has 1 amide bonds. The Morgan fingerprint density at radius 1 is 1.02 bits per heavy atom. The van der Waals surface area contributed by atoms with Gasteiger partial charge >= 0.3 is 24.3 Å². The molecule has 20 heteroatoms. The molecule has 3 aromatic heterocycles. The fourth-order valence-electron chi connectivity index (χ4n) is 3.94. The minimum atomic E-state index is -5.08. The van der Waals surface area contributed by atoms with Gasteiger partial charge in [0.1, 0.15) is 17.8 Å². The lowest BCUT2D eigenvalue weighted by atomic mass is 10.1. The second-order valence-corrected chi connectivity index (χ2v) is 11.1. The minimum Gasteiger partial charge on any atom is -0.475 e. The average Bonchev–Trinajstić information content (AvgIpc) is 3.61. The third-order valence-electron chi connectivity index (χ3n) is 6.21. The fraction of sp³-hybridized carbons (Fsp3) is 0.308. The van der Waals surface area contributed by atoms with Gasteiger partial charge in [-0.1, -0.05) is 22.8 Å². The van der Waals surface area contributed by atoms with E-state index in [-0.39, 0.29) is 11.9 Å². The number of hydrogen-bond donors (Lipinski definition) is 3. The Balaban J connectivity index is 0.000000345. The Labute approximate surface area is 264 Å². The first kappa shape index (κ1) is 36.0. The number of carboxylic acids is 2. The molecule has 4 N–H and O–H groups in total. The van der Waals surface area contributed by atoms with Crippen molar-refractivity contribution in [2.24, 2.45) is 0 Å². The summed E-state index contributed by atoms with van der Waals surface area (Å²) >= 11 is 7.47. The molecule has 4 heterocycles. The van der Waals surface area contributed by atoms with Gasteiger partial charge in [-0.05, 0) is 36.8 Å². The summed E-state index contributed by atoms with van der Waals surface area (Å²) in [6.45, 7) is 4.37. The van der Waals surface area contributed by atoms with E-state index in [9.17, 15) is 31.1 Å². The van der Waals surface area contributed by atoms with Crippen LogP contribution in [0.25, 0.3) is 21.5 Å². The van der Waals surface area contributed by atoms with Crippen molar-refractivity contribution in [2.75, 3.05) is 18.8 Å². The second-order valence-electron chi connectivity index (χ2n) is 9.40. The molecule has 0 spiro atoms. The molecule has 4 aromatic rings. The number of hydrogen-bond acceptors (Lipinski definition) is 10. The van der Waals surface area contributed by atoms with E-state index >= 15 is 0 Å². The first-order chi connectivity index (χ1) is 21.4. The van der Waals surface area contributed by atoms with Gasteiger partial charge in [0, 0.05) is 31.1 Å². The largest absolute Gasteiger partial charge is 0.490 e. The normalized spacial score (nSPS) is 15.5. The first-order valence-corrected chi connectivity index (χ1v) is 13.9. The molecule has 0 radical (unpaired) electrons. The average molecular weight is 697 g/mol. The van der Waals surface area contributed by atoms with Crippen LogP contribution in [0.2, 0.25) is 4.34 Å². The van der Waals surface area contributed by atoms with Crippen LogP contribution in [0.1, 0.15) is 18.2 Å². The third kappa shape index (κ3) is 9.75. The van der Waals surface area contributed by atoms with Crippen LogP contribution >= 0.6 is 22.9 Å². The molecule has 248 valence electrons. The number of benzene rings is 1. The lowest BCUT2D eigenvalue weighted by Gasteiger charge is -2.38. The van der Waals surface area contributed by atoms with Crippen LogP contribution in [0, 0.1) is 0 Å². The number of carbonyl (C=O) groups excluding carboxylic acids is 1. The number of carbonyl (C=O) groups is 3. The van der Waals surface area contributed by atoms with Crippen molar-refractivity contribution in [1.29, 1.82) is 0 Å². The zero-order valence-electron chi connectivity index (χ0n) is 23.3. The molecule has 46 heavy (non-hydrogen) atoms. The first-order valence-electron chi connectivity index (χ1n) is 12.7. The number of alkyl halides is 6. The van der Waals surface area contributed by atoms with E-state index in [1.54, 1.807) is 0 Å². The van der Waals surface area contributed by atoms with Gasteiger partial charge in [0.2, 0.25) is 5.91 Å². The van der Waals surface area contributed by atoms with E-state index in [0.29, 0.717) is 29.8 Å². The maximum atomic E-state index is 13.1. The molecule has 1 fully saturated rings. The molecular formula is C26H23ClF6N6O6S. The van der Waals surface area contributed by atoms with Crippen molar-refractivity contribution < 1.29 is 55.5 Å². The molecule has 1 aromatic carbocycles. The maximum Gasteiger partial charge on any atom is 0.490 e. The Morgan fingerprint density at radius 2 is 1.65 bits per heavy atom. The number of halogens is 7. The van der Waals surface area contributed by atoms with Crippen molar-refractivity contribution in [3.63, 3.8) is 0 Å². The molecular weight excluding hydrogens is 674 g/mol. The Bertz CT molecular complexity index is 1670. The van der Waals surface area contributed by atoms with E-state index in [2.05, 4.69) is 20.0 Å². The van der Waals surface area contributed by atoms with Crippen LogP contribution in [-0.2, 0) is 27.5 Å². The van der Waals surface area contributed by atoms with Crippen LogP contribution < -0.4 is 5.73 Å². The summed E-state index contributed by atoms with van der Waals surface area (Å²) in [5.41, 5.74) is 8.46. The Morgan fingerprint density at radius 3 is 2.22 bits per heavy atom. The Hall–Kier alpha value is -4.49. The molecule has 0 aliphatic carbocycles. The van der Waals surface area contributed by atoms with E-state index in [0.717, 1.165) is 39.3 Å². The van der Waals surface area contributed by atoms with Crippen LogP contribution in [0.15, 0.2) is 47.2 Å². The number of fused-ring (bicyclic) bond motifs is 1. The summed E-state index contributed by atoms with van der Waals surface area (Å²) in [7, 11) is 0. The summed E-state index contributed by atoms with van der Waals surface area (Å²) in [6, 6.07) is 11.3. The van der Waals surface area contributed by atoms with E-state index in [4.69, 9.17) is 41.7 Å². The molecule has 1 aliphatic rings. The molecule has 5 rings (SSSR count). The summed E-state index contributed by atoms with van der Waals surface area (Å²) in [5, 5.41) is 19.2. The fourth-order valence-corrected chi connectivity index (χ4v) is 4.94. The Kier molecular flexibility index (Phi) is 11.5. The number of thiophene rings is 1. The van der Waals surface area contributed by atoms with Gasteiger partial charge in [0.15, 0.2) is 5.76 Å². The molecule has 0 bridgehead atoms. The highest BCUT2D eigenvalue weighted by Crippen LogP contribution is 2.31. The number of nitrogens with zero attached hydrogens (tertiary/aromatic N) is 5. The highest BCUT2D eigenvalue weighted by atomic mass is 35.5. The van der Waals surface area contributed by atoms with Crippen LogP contribution in [-0.4, -0.2) is 84.5 Å². The number of nitrogen functional groups attached to an aromatic ring is 1. The number of nitrogens with two attached hydrogens (primary N) is 1. The lowest BCUT2D eigenvalue weighted by molar-refractivity contribution is -0.193. The van der Waals surface area contributed by atoms with Gasteiger partial charge in [0.25, 0.3) is 0 Å². The molecule has 1 unspecified atom stereocenters. The number of carboxylic acid groups (broad SMARTS) is 2. The maximum absolute atomic E-state index is 13.1. The van der Waals surface area contributed by atoms with Gasteiger partial charge in [-0.15, -0.1) is 11.3 Å². The summed E-state index contributed by atoms with van der Waals surface area (Å²) < 4.78 is 69.7. The molecule has 1 atom stereocenters. The smallest absolute Gasteiger partial charge is 0.475 e. The predicted molar refractivity (Wildman–Crippen MR) is 151 cm³/mol. The summed E-state index contributed by atoms with van der Waals surface area (Å²) in [5.74, 6) is -4.25. The number of aliphatic carboxylic acids is 2. The van der Waals surface area contributed by atoms with Gasteiger partial charge in [-0.2, -0.15) is 26.3 Å². The number of anilines is 1. The van der Waals surface area contributed by atoms with Crippen molar-refractivity contribution in [1.82, 2.24) is 24.9 Å². The quantitative estimate of drug-likeness (QED) is 0.237. The highest BCUT2D eigenvalue weighted by Gasteiger charge is 2.39. The van der Waals surface area contributed by atoms with E-state index in [1.807, 2.05) is 48.2 Å². The van der Waals surface area contributed by atoms with Gasteiger partial charge in [-0.25, -0.2) is 19.6 Å². The predicted octanol–water partition coefficient (Wildman–Crippen LogP) is 5.08. The number of rotatable bonds is 5. The van der Waals surface area contributed by atoms with E-state index < -0.39 is 24.3 Å². The summed E-state index contributed by atoms with van der Waals surface area (Å²) in [6.07, 6.45) is -8.71. The van der Waals surface area contributed by atoms with E-state index in [1.165, 1.54) is 17.7 Å². The SMILES string of the molecule is CC1C(=O)N(Cc2ccc3c(N)ncnc3c2)CCN1Cc1cc(-c2ccc(Cl)s2)no1.O=C(O)C(F)(F)F.O=C(O)C(F)(F)F. The van der Waals surface area contributed by atoms with Crippen LogP contribution in [0.3, 0.4) is 0 Å². The van der Waals surface area contributed by atoms with Gasteiger partial charge in [-0.3, -0.25) is 9.69 Å². The van der Waals surface area contributed by atoms with Crippen LogP contribution in [0.5, 0.6) is 0 Å². The minimum absolute atomic E-state index is 0.0864. The van der Waals surface area contributed by atoms with Crippen molar-refractivity contribution in [2.45, 2.75) is 38.4 Å². The molecule has 1 saturated heterocycles. The number of aromatic nitrogens is 3. The molecule has 12 nitrogen and oxygen atoms in total. The second kappa shape index (κ2) is 14.7. The number of amides is 1. The third-order valence-corrected chi connectivity index (χ3v) is 7.46. The lowest BCUT2D eigenvalue weighted by Crippen LogP contribution is -2.54. The number of piperazine rings is 1. The van der Waals surface area contributed by atoms with Crippen molar-refractivity contribution in [3.05, 3.63) is 58.4 Å². The monoisotopic (exact) mass is 696 g/mol. The zero-order chi connectivity index (χ0) is 34.4. The summed E-state index contributed by atoms with van der Waals surface area (Å²) in [4.78, 5) is 44.1. The van der Waals surface area contributed by atoms with Gasteiger partial charge in [0.05, 0.1) is 27.3 Å². The van der Waals surface area contributed by atoms with Crippen LogP contribution in [0.4, 0.5) is 32.2 Å².